The van der Waals surface area contributed by atoms with E-state index < -0.39 is 5.91 Å². The number of aryl methyl sites for hydroxylation is 1. The van der Waals surface area contributed by atoms with E-state index in [1.807, 2.05) is 37.3 Å². The van der Waals surface area contributed by atoms with Crippen molar-refractivity contribution >= 4 is 33.6 Å². The van der Waals surface area contributed by atoms with Crippen LogP contribution in [-0.2, 0) is 11.2 Å². The second-order valence-corrected chi connectivity index (χ2v) is 6.52. The average molecular weight is 439 g/mol. The minimum Gasteiger partial charge on any atom is -0.493 e. The molecule has 0 saturated heterocycles. The standard InChI is InChI=1S/C22H19BrN2O3/c1-4-10-28-21-18(23)12-15(13-20(21)27-3)11-17(14-24)22(26)25-19-9-7-6-8-16(19)5-2/h1,6-9,11-13H,5,10H2,2-3H3,(H,25,26)/b17-11+. The van der Waals surface area contributed by atoms with Crippen LogP contribution in [0.4, 0.5) is 5.69 Å². The molecule has 0 saturated carbocycles. The molecule has 0 heterocycles. The molecule has 6 heteroatoms. The second kappa shape index (κ2) is 10.2. The Morgan fingerprint density at radius 2 is 2.11 bits per heavy atom. The van der Waals surface area contributed by atoms with Gasteiger partial charge in [0.1, 0.15) is 18.2 Å². The molecule has 2 aromatic rings. The maximum absolute atomic E-state index is 12.6. The Morgan fingerprint density at radius 1 is 1.36 bits per heavy atom. The van der Waals surface area contributed by atoms with Crippen LogP contribution in [0.1, 0.15) is 18.1 Å². The van der Waals surface area contributed by atoms with E-state index in [4.69, 9.17) is 15.9 Å². The molecule has 5 nitrogen and oxygen atoms in total. The molecule has 28 heavy (non-hydrogen) atoms. The van der Waals surface area contributed by atoms with Gasteiger partial charge < -0.3 is 14.8 Å². The molecule has 2 rings (SSSR count). The molecule has 1 N–H and O–H groups in total. The molecule has 2 aromatic carbocycles. The zero-order chi connectivity index (χ0) is 20.5. The van der Waals surface area contributed by atoms with Crippen LogP contribution in [0.15, 0.2) is 46.4 Å². The summed E-state index contributed by atoms with van der Waals surface area (Å²) in [4.78, 5) is 12.6. The predicted molar refractivity (Wildman–Crippen MR) is 113 cm³/mol. The third kappa shape index (κ3) is 5.16. The number of anilines is 1. The van der Waals surface area contributed by atoms with Crippen LogP contribution in [0.5, 0.6) is 11.5 Å². The number of methoxy groups -OCH3 is 1. The van der Waals surface area contributed by atoms with Crippen LogP contribution in [0.25, 0.3) is 6.08 Å². The van der Waals surface area contributed by atoms with Gasteiger partial charge in [-0.2, -0.15) is 5.26 Å². The summed E-state index contributed by atoms with van der Waals surface area (Å²) in [6.45, 7) is 2.09. The Bertz CT molecular complexity index is 984. The number of nitriles is 1. The quantitative estimate of drug-likeness (QED) is 0.390. The summed E-state index contributed by atoms with van der Waals surface area (Å²) in [5, 5.41) is 12.3. The van der Waals surface area contributed by atoms with Gasteiger partial charge in [0.25, 0.3) is 5.91 Å². The Kier molecular flexibility index (Phi) is 7.68. The average Bonchev–Trinajstić information content (AvgIpc) is 2.71. The topological polar surface area (TPSA) is 71.3 Å². The van der Waals surface area contributed by atoms with E-state index in [2.05, 4.69) is 27.2 Å². The van der Waals surface area contributed by atoms with Gasteiger partial charge in [0.05, 0.1) is 11.6 Å². The molecule has 0 aliphatic rings. The van der Waals surface area contributed by atoms with E-state index in [0.29, 0.717) is 27.2 Å². The number of para-hydroxylation sites is 1. The number of nitrogens with one attached hydrogen (secondary N) is 1. The largest absolute Gasteiger partial charge is 0.493 e. The van der Waals surface area contributed by atoms with E-state index in [-0.39, 0.29) is 12.2 Å². The van der Waals surface area contributed by atoms with Gasteiger partial charge in [-0.05, 0) is 57.8 Å². The Hall–Kier alpha value is -3.22. The number of amides is 1. The number of halogens is 1. The number of hydrogen-bond donors (Lipinski definition) is 1. The molecule has 0 aliphatic heterocycles. The number of carbonyl (C=O) groups excluding carboxylic acids is 1. The van der Waals surface area contributed by atoms with Crippen LogP contribution in [-0.4, -0.2) is 19.6 Å². The lowest BCUT2D eigenvalue weighted by Crippen LogP contribution is -2.14. The second-order valence-electron chi connectivity index (χ2n) is 5.66. The normalized spacial score (nSPS) is 10.5. The van der Waals surface area contributed by atoms with Gasteiger partial charge in [0.2, 0.25) is 0 Å². The summed E-state index contributed by atoms with van der Waals surface area (Å²) >= 11 is 3.40. The van der Waals surface area contributed by atoms with Crippen molar-refractivity contribution in [2.75, 3.05) is 19.0 Å². The smallest absolute Gasteiger partial charge is 0.266 e. The molecule has 0 radical (unpaired) electrons. The van der Waals surface area contributed by atoms with Crippen molar-refractivity contribution in [1.82, 2.24) is 0 Å². The maximum atomic E-state index is 12.6. The Balaban J connectivity index is 2.33. The van der Waals surface area contributed by atoms with E-state index in [0.717, 1.165) is 12.0 Å². The fraction of sp³-hybridized carbons (Fsp3) is 0.182. The molecule has 0 aliphatic carbocycles. The predicted octanol–water partition coefficient (Wildman–Crippen LogP) is 4.58. The van der Waals surface area contributed by atoms with Gasteiger partial charge in [-0.1, -0.05) is 31.0 Å². The van der Waals surface area contributed by atoms with Gasteiger partial charge in [-0.15, -0.1) is 6.42 Å². The van der Waals surface area contributed by atoms with Crippen LogP contribution in [0.3, 0.4) is 0 Å². The number of hydrogen-bond acceptors (Lipinski definition) is 4. The van der Waals surface area contributed by atoms with Crippen molar-refractivity contribution in [2.24, 2.45) is 0 Å². The van der Waals surface area contributed by atoms with Crippen molar-refractivity contribution < 1.29 is 14.3 Å². The van der Waals surface area contributed by atoms with Crippen molar-refractivity contribution in [3.05, 3.63) is 57.6 Å². The number of ether oxygens (including phenoxy) is 2. The van der Waals surface area contributed by atoms with Crippen molar-refractivity contribution in [3.63, 3.8) is 0 Å². The highest BCUT2D eigenvalue weighted by Gasteiger charge is 2.14. The van der Waals surface area contributed by atoms with Gasteiger partial charge in [-0.25, -0.2) is 0 Å². The lowest BCUT2D eigenvalue weighted by Gasteiger charge is -2.12. The summed E-state index contributed by atoms with van der Waals surface area (Å²) in [5.41, 5.74) is 2.25. The molecule has 0 fully saturated rings. The minimum atomic E-state index is -0.480. The maximum Gasteiger partial charge on any atom is 0.266 e. The lowest BCUT2D eigenvalue weighted by atomic mass is 10.1. The van der Waals surface area contributed by atoms with Crippen LogP contribution >= 0.6 is 15.9 Å². The molecule has 1 amide bonds. The molecular formula is C22H19BrN2O3. The van der Waals surface area contributed by atoms with E-state index >= 15 is 0 Å². The Labute approximate surface area is 173 Å². The third-order valence-electron chi connectivity index (χ3n) is 3.87. The van der Waals surface area contributed by atoms with E-state index in [1.165, 1.54) is 13.2 Å². The highest BCUT2D eigenvalue weighted by molar-refractivity contribution is 9.10. The monoisotopic (exact) mass is 438 g/mol. The van der Waals surface area contributed by atoms with Gasteiger partial charge in [0.15, 0.2) is 11.5 Å². The number of benzene rings is 2. The first-order valence-electron chi connectivity index (χ1n) is 8.48. The first-order valence-corrected chi connectivity index (χ1v) is 9.28. The first kappa shape index (κ1) is 21.1. The van der Waals surface area contributed by atoms with Gasteiger partial charge >= 0.3 is 0 Å². The molecule has 0 bridgehead atoms. The zero-order valence-electron chi connectivity index (χ0n) is 15.6. The van der Waals surface area contributed by atoms with Crippen molar-refractivity contribution in [1.29, 1.82) is 5.26 Å². The summed E-state index contributed by atoms with van der Waals surface area (Å²) < 4.78 is 11.4. The molecule has 0 unspecified atom stereocenters. The van der Waals surface area contributed by atoms with Crippen LogP contribution in [0, 0.1) is 23.7 Å². The fourth-order valence-corrected chi connectivity index (χ4v) is 3.11. The van der Waals surface area contributed by atoms with Gasteiger partial charge in [0, 0.05) is 5.69 Å². The summed E-state index contributed by atoms with van der Waals surface area (Å²) in [7, 11) is 1.50. The van der Waals surface area contributed by atoms with Crippen LogP contribution in [0.2, 0.25) is 0 Å². The fourth-order valence-electron chi connectivity index (χ4n) is 2.53. The van der Waals surface area contributed by atoms with E-state index in [9.17, 15) is 10.1 Å². The molecule has 142 valence electrons. The first-order chi connectivity index (χ1) is 13.5. The molecule has 0 aromatic heterocycles. The number of rotatable bonds is 7. The van der Waals surface area contributed by atoms with Crippen LogP contribution < -0.4 is 14.8 Å². The van der Waals surface area contributed by atoms with Gasteiger partial charge in [-0.3, -0.25) is 4.79 Å². The molecular weight excluding hydrogens is 420 g/mol. The SMILES string of the molecule is C#CCOc1c(Br)cc(/C=C(\C#N)C(=O)Nc2ccccc2CC)cc1OC. The zero-order valence-corrected chi connectivity index (χ0v) is 17.2. The molecule has 0 atom stereocenters. The van der Waals surface area contributed by atoms with Crippen molar-refractivity contribution in [3.8, 4) is 29.9 Å². The Morgan fingerprint density at radius 3 is 2.75 bits per heavy atom. The third-order valence-corrected chi connectivity index (χ3v) is 4.46. The minimum absolute atomic E-state index is 0.0304. The number of nitrogens with zero attached hydrogens (tertiary/aromatic N) is 1. The molecule has 0 spiro atoms. The summed E-state index contributed by atoms with van der Waals surface area (Å²) in [6.07, 6.45) is 7.49. The highest BCUT2D eigenvalue weighted by atomic mass is 79.9. The summed E-state index contributed by atoms with van der Waals surface area (Å²) in [5.74, 6) is 2.80. The van der Waals surface area contributed by atoms with Crippen molar-refractivity contribution in [2.45, 2.75) is 13.3 Å². The number of terminal acetylenes is 1. The summed E-state index contributed by atoms with van der Waals surface area (Å²) in [6, 6.07) is 12.8. The highest BCUT2D eigenvalue weighted by Crippen LogP contribution is 2.37. The van der Waals surface area contributed by atoms with E-state index in [1.54, 1.807) is 12.1 Å². The lowest BCUT2D eigenvalue weighted by molar-refractivity contribution is -0.112. The number of carbonyl (C=O) groups is 1.